The van der Waals surface area contributed by atoms with Gasteiger partial charge in [-0.15, -0.1) is 0 Å². The number of urea groups is 1. The van der Waals surface area contributed by atoms with E-state index in [1.54, 1.807) is 30.6 Å². The second kappa shape index (κ2) is 14.7. The highest BCUT2D eigenvalue weighted by atomic mass is 19.4. The lowest BCUT2D eigenvalue weighted by molar-refractivity contribution is -0.137. The first kappa shape index (κ1) is 32.2. The maximum Gasteiger partial charge on any atom is 0.416 e. The van der Waals surface area contributed by atoms with E-state index in [0.29, 0.717) is 40.7 Å². The van der Waals surface area contributed by atoms with Gasteiger partial charge in [0.1, 0.15) is 5.82 Å². The molecule has 0 aliphatic carbocycles. The maximum atomic E-state index is 13.8. The van der Waals surface area contributed by atoms with Crippen LogP contribution in [0, 0.1) is 29.5 Å². The quantitative estimate of drug-likeness (QED) is 0.0999. The SMILES string of the molecule is Nc1cccc(C#Cc2cnc(N)nc2)c1.Nc1ncc(C#Cc2cccc(NC(=O)Nc3cc(C(F)(F)F)ccc3F)c2)cn1. The van der Waals surface area contributed by atoms with Crippen LogP contribution in [0.15, 0.2) is 91.5 Å². The smallest absolute Gasteiger partial charge is 0.399 e. The van der Waals surface area contributed by atoms with Crippen molar-refractivity contribution in [2.45, 2.75) is 6.18 Å². The molecule has 0 saturated carbocycles. The van der Waals surface area contributed by atoms with E-state index in [1.807, 2.05) is 24.3 Å². The molecule has 3 aromatic carbocycles. The van der Waals surface area contributed by atoms with Gasteiger partial charge in [-0.2, -0.15) is 13.2 Å². The van der Waals surface area contributed by atoms with E-state index in [-0.39, 0.29) is 11.9 Å². The number of nitrogens with zero attached hydrogens (tertiary/aromatic N) is 4. The zero-order valence-electron chi connectivity index (χ0n) is 23.6. The van der Waals surface area contributed by atoms with Gasteiger partial charge in [-0.3, -0.25) is 0 Å². The van der Waals surface area contributed by atoms with Gasteiger partial charge in [-0.1, -0.05) is 35.8 Å². The zero-order chi connectivity index (χ0) is 33.1. The van der Waals surface area contributed by atoms with E-state index in [1.165, 1.54) is 18.5 Å². The van der Waals surface area contributed by atoms with Crippen molar-refractivity contribution in [3.05, 3.63) is 125 Å². The predicted octanol–water partition coefficient (Wildman–Crippen LogP) is 5.30. The average molecular weight is 626 g/mol. The highest BCUT2D eigenvalue weighted by molar-refractivity contribution is 6.00. The minimum atomic E-state index is -4.66. The summed E-state index contributed by atoms with van der Waals surface area (Å²) < 4.78 is 52.1. The molecule has 0 aliphatic rings. The summed E-state index contributed by atoms with van der Waals surface area (Å²) in [5.74, 6) is 10.9. The summed E-state index contributed by atoms with van der Waals surface area (Å²) in [4.78, 5) is 27.4. The van der Waals surface area contributed by atoms with Crippen LogP contribution in [-0.2, 0) is 6.18 Å². The fraction of sp³-hybridized carbons (Fsp3) is 0.0312. The molecule has 0 bridgehead atoms. The second-order valence-electron chi connectivity index (χ2n) is 9.14. The molecule has 2 heterocycles. The van der Waals surface area contributed by atoms with Crippen LogP contribution in [0.5, 0.6) is 0 Å². The molecule has 0 atom stereocenters. The lowest BCUT2D eigenvalue weighted by atomic mass is 10.2. The molecule has 2 amide bonds. The van der Waals surface area contributed by atoms with Crippen LogP contribution in [0.25, 0.3) is 0 Å². The molecule has 10 nitrogen and oxygen atoms in total. The number of rotatable bonds is 2. The van der Waals surface area contributed by atoms with Crippen molar-refractivity contribution in [1.29, 1.82) is 0 Å². The number of amides is 2. The molecule has 0 radical (unpaired) electrons. The van der Waals surface area contributed by atoms with Gasteiger partial charge in [0, 0.05) is 47.3 Å². The van der Waals surface area contributed by atoms with Gasteiger partial charge in [-0.25, -0.2) is 29.1 Å². The molecule has 5 rings (SSSR count). The van der Waals surface area contributed by atoms with Crippen molar-refractivity contribution in [1.82, 2.24) is 19.9 Å². The Hall–Kier alpha value is -6.67. The van der Waals surface area contributed by atoms with Crippen molar-refractivity contribution in [3.8, 4) is 23.7 Å². The van der Waals surface area contributed by atoms with Crippen LogP contribution < -0.4 is 27.8 Å². The van der Waals surface area contributed by atoms with Gasteiger partial charge >= 0.3 is 12.2 Å². The van der Waals surface area contributed by atoms with E-state index in [0.717, 1.165) is 11.1 Å². The normalized spacial score (nSPS) is 10.2. The summed E-state index contributed by atoms with van der Waals surface area (Å²) in [6, 6.07) is 14.6. The molecular weight excluding hydrogens is 602 g/mol. The van der Waals surface area contributed by atoms with Crippen LogP contribution in [0.2, 0.25) is 0 Å². The van der Waals surface area contributed by atoms with Gasteiger partial charge in [0.2, 0.25) is 11.9 Å². The molecule has 0 aliphatic heterocycles. The number of nitrogens with two attached hydrogens (primary N) is 3. The Kier molecular flexibility index (Phi) is 10.3. The molecule has 46 heavy (non-hydrogen) atoms. The minimum absolute atomic E-state index is 0.120. The number of anilines is 5. The molecule has 0 spiro atoms. The first-order valence-corrected chi connectivity index (χ1v) is 13.0. The lowest BCUT2D eigenvalue weighted by Gasteiger charge is -2.12. The highest BCUT2D eigenvalue weighted by Crippen LogP contribution is 2.31. The third-order valence-electron chi connectivity index (χ3n) is 5.59. The number of alkyl halides is 3. The fourth-order valence-electron chi connectivity index (χ4n) is 3.47. The molecule has 0 fully saturated rings. The highest BCUT2D eigenvalue weighted by Gasteiger charge is 2.31. The van der Waals surface area contributed by atoms with Gasteiger partial charge in [0.15, 0.2) is 0 Å². The number of carbonyl (C=O) groups is 1. The third-order valence-corrected chi connectivity index (χ3v) is 5.59. The number of nitrogens with one attached hydrogen (secondary N) is 2. The average Bonchev–Trinajstić information content (AvgIpc) is 3.02. The van der Waals surface area contributed by atoms with Crippen molar-refractivity contribution in [2.75, 3.05) is 27.8 Å². The minimum Gasteiger partial charge on any atom is -0.399 e. The monoisotopic (exact) mass is 625 g/mol. The Morgan fingerprint density at radius 3 is 1.72 bits per heavy atom. The van der Waals surface area contributed by atoms with E-state index < -0.39 is 29.3 Å². The number of hydrogen-bond acceptors (Lipinski definition) is 8. The maximum absolute atomic E-state index is 13.8. The number of hydrogen-bond donors (Lipinski definition) is 5. The molecule has 0 unspecified atom stereocenters. The summed E-state index contributed by atoms with van der Waals surface area (Å²) in [7, 11) is 0. The number of halogens is 4. The molecule has 0 saturated heterocycles. The lowest BCUT2D eigenvalue weighted by Crippen LogP contribution is -2.20. The second-order valence-corrected chi connectivity index (χ2v) is 9.14. The molecule has 8 N–H and O–H groups in total. The molecule has 5 aromatic rings. The van der Waals surface area contributed by atoms with Crippen molar-refractivity contribution >= 4 is 35.0 Å². The molecule has 230 valence electrons. The molecule has 14 heteroatoms. The summed E-state index contributed by atoms with van der Waals surface area (Å²) >= 11 is 0. The van der Waals surface area contributed by atoms with Crippen molar-refractivity contribution in [2.24, 2.45) is 0 Å². The van der Waals surface area contributed by atoms with Crippen LogP contribution in [0.1, 0.15) is 27.8 Å². The van der Waals surface area contributed by atoms with E-state index in [4.69, 9.17) is 17.2 Å². The Labute approximate surface area is 260 Å². The summed E-state index contributed by atoms with van der Waals surface area (Å²) in [6.07, 6.45) is 1.41. The van der Waals surface area contributed by atoms with Gasteiger partial charge in [0.05, 0.1) is 22.4 Å². The van der Waals surface area contributed by atoms with E-state index in [9.17, 15) is 22.4 Å². The van der Waals surface area contributed by atoms with Gasteiger partial charge in [-0.05, 0) is 54.6 Å². The largest absolute Gasteiger partial charge is 0.416 e. The first-order valence-electron chi connectivity index (χ1n) is 13.0. The molecule has 2 aromatic heterocycles. The summed E-state index contributed by atoms with van der Waals surface area (Å²) in [6.45, 7) is 0. The third kappa shape index (κ3) is 9.96. The van der Waals surface area contributed by atoms with Crippen molar-refractivity contribution < 1.29 is 22.4 Å². The van der Waals surface area contributed by atoms with E-state index in [2.05, 4.69) is 54.3 Å². The van der Waals surface area contributed by atoms with Gasteiger partial charge in [0.25, 0.3) is 0 Å². The molecular formula is C32H23F4N9O. The summed E-state index contributed by atoms with van der Waals surface area (Å²) in [5, 5.41) is 4.48. The van der Waals surface area contributed by atoms with Crippen LogP contribution in [-0.4, -0.2) is 26.0 Å². The Bertz CT molecular complexity index is 1960. The van der Waals surface area contributed by atoms with Crippen LogP contribution >= 0.6 is 0 Å². The fourth-order valence-corrected chi connectivity index (χ4v) is 3.47. The Morgan fingerprint density at radius 2 is 1.17 bits per heavy atom. The number of carbonyl (C=O) groups excluding carboxylic acids is 1. The number of aromatic nitrogens is 4. The number of benzene rings is 3. The Balaban J connectivity index is 0.000000252. The van der Waals surface area contributed by atoms with Crippen LogP contribution in [0.3, 0.4) is 0 Å². The number of nitrogen functional groups attached to an aromatic ring is 3. The van der Waals surface area contributed by atoms with E-state index >= 15 is 0 Å². The Morgan fingerprint density at radius 1 is 0.652 bits per heavy atom. The standard InChI is InChI=1S/C20H13F4N5O.C12H10N4/c21-16-7-6-14(20(22,23)24)9-17(16)29-19(30)28-15-3-1-2-12(8-15)4-5-13-10-26-18(25)27-11-13;13-11-3-1-2-9(6-11)4-5-10-7-15-12(14)16-8-10/h1-3,6-11H,(H2,25,26,27)(H2,28,29,30);1-3,6-8H,13H2,(H2,14,15,16). The van der Waals surface area contributed by atoms with Crippen LogP contribution in [0.4, 0.5) is 51.3 Å². The van der Waals surface area contributed by atoms with Gasteiger partial charge < -0.3 is 27.8 Å². The summed E-state index contributed by atoms with van der Waals surface area (Å²) in [5.41, 5.74) is 18.4. The zero-order valence-corrected chi connectivity index (χ0v) is 23.6. The van der Waals surface area contributed by atoms with Crippen molar-refractivity contribution in [3.63, 3.8) is 0 Å². The first-order chi connectivity index (χ1) is 21.9. The predicted molar refractivity (Wildman–Crippen MR) is 166 cm³/mol. The topological polar surface area (TPSA) is 171 Å².